The molecule has 0 unspecified atom stereocenters. The zero-order valence-electron chi connectivity index (χ0n) is 6.86. The summed E-state index contributed by atoms with van der Waals surface area (Å²) in [6, 6.07) is 0. The third-order valence-electron chi connectivity index (χ3n) is 1.45. The maximum atomic E-state index is 11.1. The van der Waals surface area contributed by atoms with Crippen molar-refractivity contribution in [1.29, 1.82) is 0 Å². The summed E-state index contributed by atoms with van der Waals surface area (Å²) >= 11 is 0. The summed E-state index contributed by atoms with van der Waals surface area (Å²) in [6.45, 7) is 6.99. The Morgan fingerprint density at radius 1 is 1.83 bits per heavy atom. The number of rotatable bonds is 2. The smallest absolute Gasteiger partial charge is 0.410 e. The maximum Gasteiger partial charge on any atom is 0.410 e. The standard InChI is InChI=1S/C8H12NO3/c1-2-5-12-8(10)9-3-6-11-7-4-9/h2-3H,1,4-7H2. The Morgan fingerprint density at radius 3 is 3.25 bits per heavy atom. The molecule has 1 fully saturated rings. The molecule has 0 atom stereocenters. The number of carbonyl (C=O) groups is 1. The lowest BCUT2D eigenvalue weighted by molar-refractivity contribution is 0.0538. The molecule has 1 amide bonds. The molecule has 1 aliphatic heterocycles. The van der Waals surface area contributed by atoms with Crippen LogP contribution in [0.2, 0.25) is 0 Å². The van der Waals surface area contributed by atoms with Gasteiger partial charge in [0.25, 0.3) is 0 Å². The van der Waals surface area contributed by atoms with Gasteiger partial charge in [-0.05, 0) is 0 Å². The zero-order valence-corrected chi connectivity index (χ0v) is 6.86. The van der Waals surface area contributed by atoms with E-state index in [9.17, 15) is 4.79 Å². The predicted molar refractivity (Wildman–Crippen MR) is 43.4 cm³/mol. The lowest BCUT2D eigenvalue weighted by atomic mass is 10.5. The molecule has 4 heteroatoms. The van der Waals surface area contributed by atoms with E-state index in [0.717, 1.165) is 0 Å². The molecule has 1 heterocycles. The Labute approximate surface area is 71.7 Å². The molecule has 12 heavy (non-hydrogen) atoms. The van der Waals surface area contributed by atoms with Crippen molar-refractivity contribution in [3.63, 3.8) is 0 Å². The van der Waals surface area contributed by atoms with E-state index in [0.29, 0.717) is 19.8 Å². The Hall–Kier alpha value is -1.03. The van der Waals surface area contributed by atoms with Crippen molar-refractivity contribution >= 4 is 6.09 Å². The first-order valence-corrected chi connectivity index (χ1v) is 3.80. The maximum absolute atomic E-state index is 11.1. The Morgan fingerprint density at radius 2 is 2.67 bits per heavy atom. The second kappa shape index (κ2) is 4.77. The average Bonchev–Trinajstić information content (AvgIpc) is 2.15. The predicted octanol–water partition coefficient (Wildman–Crippen LogP) is 0.803. The van der Waals surface area contributed by atoms with Gasteiger partial charge in [-0.1, -0.05) is 12.7 Å². The van der Waals surface area contributed by atoms with Gasteiger partial charge >= 0.3 is 6.09 Å². The van der Waals surface area contributed by atoms with E-state index in [2.05, 4.69) is 6.58 Å². The summed E-state index contributed by atoms with van der Waals surface area (Å²) in [6.07, 6.45) is 1.21. The highest BCUT2D eigenvalue weighted by molar-refractivity contribution is 5.68. The van der Waals surface area contributed by atoms with Crippen molar-refractivity contribution in [3.05, 3.63) is 19.2 Å². The summed E-state index contributed by atoms with van der Waals surface area (Å²) < 4.78 is 9.84. The van der Waals surface area contributed by atoms with Gasteiger partial charge in [-0.3, -0.25) is 4.90 Å². The minimum atomic E-state index is -0.335. The fourth-order valence-corrected chi connectivity index (χ4v) is 0.859. The summed E-state index contributed by atoms with van der Waals surface area (Å²) in [5.74, 6) is 0. The highest BCUT2D eigenvalue weighted by atomic mass is 16.6. The molecule has 4 nitrogen and oxygen atoms in total. The van der Waals surface area contributed by atoms with Gasteiger partial charge in [-0.15, -0.1) is 0 Å². The van der Waals surface area contributed by atoms with Crippen molar-refractivity contribution in [1.82, 2.24) is 4.90 Å². The van der Waals surface area contributed by atoms with E-state index in [1.807, 2.05) is 0 Å². The fraction of sp³-hybridized carbons (Fsp3) is 0.500. The third-order valence-corrected chi connectivity index (χ3v) is 1.45. The van der Waals surface area contributed by atoms with E-state index in [1.165, 1.54) is 4.90 Å². The van der Waals surface area contributed by atoms with Crippen LogP contribution in [0.4, 0.5) is 4.79 Å². The fourth-order valence-electron chi connectivity index (χ4n) is 0.859. The average molecular weight is 170 g/mol. The number of amides is 1. The van der Waals surface area contributed by atoms with Crippen LogP contribution in [-0.2, 0) is 9.47 Å². The van der Waals surface area contributed by atoms with Crippen molar-refractivity contribution in [2.45, 2.75) is 0 Å². The van der Waals surface area contributed by atoms with Crippen LogP contribution in [0.1, 0.15) is 0 Å². The van der Waals surface area contributed by atoms with Gasteiger partial charge < -0.3 is 9.47 Å². The molecule has 0 aromatic heterocycles. The first kappa shape index (κ1) is 9.06. The molecule has 0 aliphatic carbocycles. The monoisotopic (exact) mass is 170 g/mol. The third kappa shape index (κ3) is 2.54. The van der Waals surface area contributed by atoms with Crippen molar-refractivity contribution in [2.24, 2.45) is 0 Å². The lowest BCUT2D eigenvalue weighted by Crippen LogP contribution is -2.37. The Kier molecular flexibility index (Phi) is 3.60. The van der Waals surface area contributed by atoms with Crippen LogP contribution in [0, 0.1) is 6.54 Å². The number of ether oxygens (including phenoxy) is 2. The van der Waals surface area contributed by atoms with Gasteiger partial charge in [-0.25, -0.2) is 4.79 Å². The second-order valence-corrected chi connectivity index (χ2v) is 2.32. The molecular formula is C8H12NO3. The van der Waals surface area contributed by atoms with Crippen LogP contribution in [-0.4, -0.2) is 37.4 Å². The molecule has 1 rings (SSSR count). The normalized spacial score (nSPS) is 17.2. The molecule has 0 spiro atoms. The molecule has 0 bridgehead atoms. The minimum Gasteiger partial charge on any atom is -0.445 e. The number of morpholine rings is 1. The minimum absolute atomic E-state index is 0.254. The van der Waals surface area contributed by atoms with Crippen molar-refractivity contribution < 1.29 is 14.3 Å². The largest absolute Gasteiger partial charge is 0.445 e. The van der Waals surface area contributed by atoms with Crippen LogP contribution in [0.5, 0.6) is 0 Å². The van der Waals surface area contributed by atoms with Crippen LogP contribution >= 0.6 is 0 Å². The first-order chi connectivity index (χ1) is 5.84. The van der Waals surface area contributed by atoms with Crippen LogP contribution in [0.3, 0.4) is 0 Å². The Bertz CT molecular complexity index is 164. The van der Waals surface area contributed by atoms with Gasteiger partial charge in [0.15, 0.2) is 0 Å². The molecule has 1 saturated heterocycles. The highest BCUT2D eigenvalue weighted by Crippen LogP contribution is 2.03. The van der Waals surface area contributed by atoms with E-state index >= 15 is 0 Å². The van der Waals surface area contributed by atoms with E-state index in [-0.39, 0.29) is 12.7 Å². The van der Waals surface area contributed by atoms with E-state index in [1.54, 1.807) is 12.6 Å². The number of carbonyl (C=O) groups excluding carboxylic acids is 1. The van der Waals surface area contributed by atoms with Gasteiger partial charge in [0.1, 0.15) is 6.61 Å². The molecule has 0 saturated carbocycles. The first-order valence-electron chi connectivity index (χ1n) is 3.80. The van der Waals surface area contributed by atoms with Crippen LogP contribution in [0.25, 0.3) is 0 Å². The molecular weight excluding hydrogens is 158 g/mol. The lowest BCUT2D eigenvalue weighted by Gasteiger charge is -2.24. The Balaban J connectivity index is 2.24. The molecule has 0 N–H and O–H groups in total. The summed E-state index contributed by atoms with van der Waals surface area (Å²) in [7, 11) is 0. The van der Waals surface area contributed by atoms with Gasteiger partial charge in [-0.2, -0.15) is 0 Å². The molecule has 0 aromatic rings. The van der Waals surface area contributed by atoms with Gasteiger partial charge in [0.05, 0.1) is 19.8 Å². The SMILES string of the molecule is C=CCOC(=O)N1[CH]COCC1. The van der Waals surface area contributed by atoms with E-state index < -0.39 is 0 Å². The molecule has 67 valence electrons. The summed E-state index contributed by atoms with van der Waals surface area (Å²) in [5.41, 5.74) is 0. The quantitative estimate of drug-likeness (QED) is 0.575. The number of hydrogen-bond donors (Lipinski definition) is 0. The number of hydrogen-bond acceptors (Lipinski definition) is 3. The van der Waals surface area contributed by atoms with Gasteiger partial charge in [0, 0.05) is 6.54 Å². The van der Waals surface area contributed by atoms with Gasteiger partial charge in [0.2, 0.25) is 0 Å². The van der Waals surface area contributed by atoms with Crippen LogP contribution < -0.4 is 0 Å². The van der Waals surface area contributed by atoms with E-state index in [4.69, 9.17) is 9.47 Å². The summed E-state index contributed by atoms with van der Waals surface area (Å²) in [5, 5.41) is 0. The topological polar surface area (TPSA) is 38.8 Å². The summed E-state index contributed by atoms with van der Waals surface area (Å²) in [4.78, 5) is 12.6. The molecule has 0 aromatic carbocycles. The van der Waals surface area contributed by atoms with Crippen molar-refractivity contribution in [2.75, 3.05) is 26.4 Å². The zero-order chi connectivity index (χ0) is 8.81. The highest BCUT2D eigenvalue weighted by Gasteiger charge is 2.17. The van der Waals surface area contributed by atoms with Crippen molar-refractivity contribution in [3.8, 4) is 0 Å². The molecule has 1 aliphatic rings. The molecule has 1 radical (unpaired) electrons. The second-order valence-electron chi connectivity index (χ2n) is 2.32. The number of nitrogens with zero attached hydrogens (tertiary/aromatic N) is 1. The van der Waals surface area contributed by atoms with Crippen LogP contribution in [0.15, 0.2) is 12.7 Å².